The monoisotopic (exact) mass is 663 g/mol. The minimum absolute atomic E-state index is 0.0337. The number of thioether (sulfide) groups is 1. The van der Waals surface area contributed by atoms with Gasteiger partial charge in [0.05, 0.1) is 11.4 Å². The van der Waals surface area contributed by atoms with E-state index in [1.807, 2.05) is 50.4 Å². The lowest BCUT2D eigenvalue weighted by Gasteiger charge is -2.32. The first-order chi connectivity index (χ1) is 21.9. The van der Waals surface area contributed by atoms with Crippen LogP contribution in [0.1, 0.15) is 63.1 Å². The molecule has 0 bridgehead atoms. The van der Waals surface area contributed by atoms with Gasteiger partial charge in [-0.05, 0) is 89.1 Å². The molecule has 9 nitrogen and oxygen atoms in total. The quantitative estimate of drug-likeness (QED) is 0.248. The minimum atomic E-state index is -0.622. The predicted octanol–water partition coefficient (Wildman–Crippen LogP) is 6.64. The Bertz CT molecular complexity index is 1540. The molecule has 2 aliphatic rings. The smallest absolute Gasteiger partial charge is 0.410 e. The topological polar surface area (TPSA) is 104 Å². The standard InChI is InChI=1S/C35H45N5O4S2/c1-23-11-12-25(18-24(23)2)20-39-16-13-27(14-17-39)36-31(41)22-46-33-38-29(21-45-33)26-8-6-9-28(19-26)37-32(42)30-10-7-15-40(30)34(43)44-35(3,4)5/h6,8-9,11-12,18-19,21,27,30H,7,10,13-17,20,22H2,1-5H3,(H,36,41)(H,37,42). The summed E-state index contributed by atoms with van der Waals surface area (Å²) in [5.74, 6) is 0.126. The highest BCUT2D eigenvalue weighted by atomic mass is 32.2. The van der Waals surface area contributed by atoms with Gasteiger partial charge in [0.1, 0.15) is 11.6 Å². The van der Waals surface area contributed by atoms with Gasteiger partial charge in [-0.2, -0.15) is 0 Å². The third-order valence-corrected chi connectivity index (χ3v) is 10.4. The van der Waals surface area contributed by atoms with Crippen LogP contribution in [0.4, 0.5) is 10.5 Å². The Morgan fingerprint density at radius 1 is 1.02 bits per heavy atom. The van der Waals surface area contributed by atoms with Gasteiger partial charge in [-0.3, -0.25) is 19.4 Å². The number of amides is 3. The second-order valence-electron chi connectivity index (χ2n) is 13.2. The Hall–Kier alpha value is -3.41. The third kappa shape index (κ3) is 9.33. The third-order valence-electron chi connectivity index (χ3n) is 8.35. The van der Waals surface area contributed by atoms with Crippen molar-refractivity contribution in [3.05, 3.63) is 64.5 Å². The molecule has 3 amide bonds. The van der Waals surface area contributed by atoms with Crippen LogP contribution in [0, 0.1) is 13.8 Å². The molecule has 0 saturated carbocycles. The number of nitrogens with one attached hydrogen (secondary N) is 2. The lowest BCUT2D eigenvalue weighted by atomic mass is 10.0. The van der Waals surface area contributed by atoms with Crippen molar-refractivity contribution in [3.8, 4) is 11.3 Å². The summed E-state index contributed by atoms with van der Waals surface area (Å²) in [6, 6.07) is 13.8. The average molecular weight is 664 g/mol. The van der Waals surface area contributed by atoms with Crippen molar-refractivity contribution in [2.75, 3.05) is 30.7 Å². The molecule has 2 saturated heterocycles. The van der Waals surface area contributed by atoms with Crippen molar-refractivity contribution in [2.45, 2.75) is 88.9 Å². The van der Waals surface area contributed by atoms with Crippen LogP contribution in [0.5, 0.6) is 0 Å². The van der Waals surface area contributed by atoms with Gasteiger partial charge in [0.15, 0.2) is 4.34 Å². The minimum Gasteiger partial charge on any atom is -0.444 e. The second-order valence-corrected chi connectivity index (χ2v) is 15.3. The number of aryl methyl sites for hydroxylation is 2. The number of benzene rings is 2. The normalized spacial score (nSPS) is 17.6. The van der Waals surface area contributed by atoms with E-state index in [4.69, 9.17) is 9.72 Å². The number of anilines is 1. The van der Waals surface area contributed by atoms with Gasteiger partial charge < -0.3 is 15.4 Å². The van der Waals surface area contributed by atoms with E-state index in [1.54, 1.807) is 0 Å². The van der Waals surface area contributed by atoms with Crippen LogP contribution in [0.2, 0.25) is 0 Å². The fraction of sp³-hybridized carbons (Fsp3) is 0.486. The van der Waals surface area contributed by atoms with E-state index in [-0.39, 0.29) is 17.9 Å². The van der Waals surface area contributed by atoms with Crippen LogP contribution in [0.15, 0.2) is 52.2 Å². The first-order valence-corrected chi connectivity index (χ1v) is 17.9. The zero-order valence-electron chi connectivity index (χ0n) is 27.4. The number of hydrogen-bond acceptors (Lipinski definition) is 8. The van der Waals surface area contributed by atoms with E-state index < -0.39 is 17.7 Å². The molecule has 3 heterocycles. The van der Waals surface area contributed by atoms with Gasteiger partial charge in [0.25, 0.3) is 0 Å². The Morgan fingerprint density at radius 3 is 2.54 bits per heavy atom. The number of piperidine rings is 1. The van der Waals surface area contributed by atoms with Gasteiger partial charge in [0, 0.05) is 48.9 Å². The summed E-state index contributed by atoms with van der Waals surface area (Å²) in [6.07, 6.45) is 2.79. The summed E-state index contributed by atoms with van der Waals surface area (Å²) in [6.45, 7) is 13.2. The van der Waals surface area contributed by atoms with E-state index in [1.165, 1.54) is 44.7 Å². The maximum atomic E-state index is 13.1. The second kappa shape index (κ2) is 15.0. The van der Waals surface area contributed by atoms with Crippen LogP contribution in [-0.2, 0) is 20.9 Å². The van der Waals surface area contributed by atoms with Crippen molar-refractivity contribution in [1.82, 2.24) is 20.1 Å². The number of aromatic nitrogens is 1. The molecule has 11 heteroatoms. The van der Waals surface area contributed by atoms with E-state index in [0.29, 0.717) is 24.4 Å². The molecule has 2 aromatic carbocycles. The fourth-order valence-corrected chi connectivity index (χ4v) is 7.45. The maximum Gasteiger partial charge on any atom is 0.410 e. The first-order valence-electron chi connectivity index (χ1n) is 16.0. The van der Waals surface area contributed by atoms with Crippen LogP contribution < -0.4 is 10.6 Å². The Morgan fingerprint density at radius 2 is 1.80 bits per heavy atom. The Labute approximate surface area is 280 Å². The number of rotatable bonds is 9. The summed E-state index contributed by atoms with van der Waals surface area (Å²) >= 11 is 2.94. The maximum absolute atomic E-state index is 13.1. The number of carbonyl (C=O) groups excluding carboxylic acids is 3. The molecule has 2 fully saturated rings. The summed E-state index contributed by atoms with van der Waals surface area (Å²) < 4.78 is 6.32. The number of hydrogen-bond donors (Lipinski definition) is 2. The number of nitrogens with zero attached hydrogens (tertiary/aromatic N) is 3. The fourth-order valence-electron chi connectivity index (χ4n) is 5.81. The highest BCUT2D eigenvalue weighted by Gasteiger charge is 2.36. The van der Waals surface area contributed by atoms with Crippen LogP contribution >= 0.6 is 23.1 Å². The van der Waals surface area contributed by atoms with Crippen molar-refractivity contribution in [3.63, 3.8) is 0 Å². The van der Waals surface area contributed by atoms with Crippen LogP contribution in [0.3, 0.4) is 0 Å². The van der Waals surface area contributed by atoms with Gasteiger partial charge in [0.2, 0.25) is 11.8 Å². The summed E-state index contributed by atoms with van der Waals surface area (Å²) in [7, 11) is 0. The predicted molar refractivity (Wildman–Crippen MR) is 185 cm³/mol. The number of thiazole rings is 1. The Balaban J connectivity index is 1.07. The molecule has 246 valence electrons. The van der Waals surface area contributed by atoms with Crippen molar-refractivity contribution >= 4 is 46.7 Å². The highest BCUT2D eigenvalue weighted by molar-refractivity contribution is 8.01. The van der Waals surface area contributed by atoms with Crippen molar-refractivity contribution in [2.24, 2.45) is 0 Å². The van der Waals surface area contributed by atoms with E-state index in [2.05, 4.69) is 47.6 Å². The molecule has 5 rings (SSSR count). The molecule has 1 unspecified atom stereocenters. The van der Waals surface area contributed by atoms with Crippen molar-refractivity contribution < 1.29 is 19.1 Å². The number of carbonyl (C=O) groups is 3. The zero-order chi connectivity index (χ0) is 32.8. The molecule has 2 N–H and O–H groups in total. The molecule has 1 atom stereocenters. The van der Waals surface area contributed by atoms with Crippen molar-refractivity contribution in [1.29, 1.82) is 0 Å². The molecule has 0 radical (unpaired) electrons. The van der Waals surface area contributed by atoms with Gasteiger partial charge in [-0.15, -0.1) is 11.3 Å². The molecule has 1 aromatic heterocycles. The molecule has 2 aliphatic heterocycles. The van der Waals surface area contributed by atoms with E-state index in [0.717, 1.165) is 54.5 Å². The SMILES string of the molecule is Cc1ccc(CN2CCC(NC(=O)CSc3nc(-c4cccc(NC(=O)C5CCCN5C(=O)OC(C)(C)C)c4)cs3)CC2)cc1C. The summed E-state index contributed by atoms with van der Waals surface area (Å²) in [4.78, 5) is 47.2. The van der Waals surface area contributed by atoms with Crippen LogP contribution in [-0.4, -0.2) is 75.8 Å². The summed E-state index contributed by atoms with van der Waals surface area (Å²) in [5, 5.41) is 8.15. The lowest BCUT2D eigenvalue weighted by Crippen LogP contribution is -2.45. The molecule has 0 spiro atoms. The molecular weight excluding hydrogens is 619 g/mol. The average Bonchev–Trinajstić information content (AvgIpc) is 3.69. The largest absolute Gasteiger partial charge is 0.444 e. The van der Waals surface area contributed by atoms with E-state index in [9.17, 15) is 14.4 Å². The molecule has 0 aliphatic carbocycles. The highest BCUT2D eigenvalue weighted by Crippen LogP contribution is 2.30. The zero-order valence-corrected chi connectivity index (χ0v) is 29.1. The number of ether oxygens (including phenoxy) is 1. The molecule has 3 aromatic rings. The Kier molecular flexibility index (Phi) is 11.1. The molecular formula is C35H45N5O4S2. The molecule has 46 heavy (non-hydrogen) atoms. The first kappa shape index (κ1) is 33.9. The van der Waals surface area contributed by atoms with Crippen LogP contribution in [0.25, 0.3) is 11.3 Å². The van der Waals surface area contributed by atoms with Gasteiger partial charge >= 0.3 is 6.09 Å². The van der Waals surface area contributed by atoms with Gasteiger partial charge in [-0.25, -0.2) is 9.78 Å². The summed E-state index contributed by atoms with van der Waals surface area (Å²) in [5.41, 5.74) is 5.67. The lowest BCUT2D eigenvalue weighted by molar-refractivity contribution is -0.120. The van der Waals surface area contributed by atoms with Gasteiger partial charge in [-0.1, -0.05) is 42.1 Å². The number of likely N-dealkylation sites (tertiary alicyclic amines) is 2. The van der Waals surface area contributed by atoms with E-state index >= 15 is 0 Å².